The Labute approximate surface area is 103 Å². The summed E-state index contributed by atoms with van der Waals surface area (Å²) in [5.41, 5.74) is 0.274. The summed E-state index contributed by atoms with van der Waals surface area (Å²) >= 11 is 2.92. The Morgan fingerprint density at radius 3 is 2.88 bits per heavy atom. The van der Waals surface area contributed by atoms with Crippen LogP contribution in [-0.4, -0.2) is 10.1 Å². The van der Waals surface area contributed by atoms with Gasteiger partial charge in [-0.2, -0.15) is 4.98 Å². The van der Waals surface area contributed by atoms with Crippen molar-refractivity contribution >= 4 is 15.9 Å². The zero-order valence-electron chi connectivity index (χ0n) is 8.28. The summed E-state index contributed by atoms with van der Waals surface area (Å²) in [5.74, 6) is 3.11. The second-order valence-electron chi connectivity index (χ2n) is 3.05. The van der Waals surface area contributed by atoms with Gasteiger partial charge in [0.15, 0.2) is 11.6 Å². The Bertz CT molecular complexity index is 547. The molecule has 0 bridgehead atoms. The van der Waals surface area contributed by atoms with Crippen LogP contribution in [0, 0.1) is 11.6 Å². The summed E-state index contributed by atoms with van der Waals surface area (Å²) in [4.78, 5) is 8.21. The van der Waals surface area contributed by atoms with E-state index < -0.39 is 11.6 Å². The van der Waals surface area contributed by atoms with Gasteiger partial charge in [-0.25, -0.2) is 14.7 Å². The van der Waals surface area contributed by atoms with Crippen molar-refractivity contribution in [1.82, 2.24) is 10.1 Å². The first-order valence-corrected chi connectivity index (χ1v) is 5.21. The van der Waals surface area contributed by atoms with Gasteiger partial charge >= 0.3 is 0 Å². The third kappa shape index (κ3) is 2.33. The minimum atomic E-state index is -1.01. The molecule has 0 fully saturated rings. The van der Waals surface area contributed by atoms with E-state index in [4.69, 9.17) is 10.4 Å². The number of aromatic nitrogens is 2. The first kappa shape index (κ1) is 12.1. The number of rotatable bonds is 3. The predicted molar refractivity (Wildman–Crippen MR) is 56.3 cm³/mol. The maximum absolute atomic E-state index is 13.3. The van der Waals surface area contributed by atoms with Crippen LogP contribution in [0.4, 0.5) is 8.78 Å². The quantitative estimate of drug-likeness (QED) is 0.695. The molecule has 0 amide bonds. The van der Waals surface area contributed by atoms with Gasteiger partial charge in [0.05, 0.1) is 4.47 Å². The van der Waals surface area contributed by atoms with Crippen LogP contribution in [0.25, 0.3) is 11.4 Å². The number of benzene rings is 1. The molecule has 0 aliphatic carbocycles. The van der Waals surface area contributed by atoms with Crippen LogP contribution in [0.2, 0.25) is 0 Å². The molecule has 0 saturated heterocycles. The monoisotopic (exact) mass is 305 g/mol. The van der Waals surface area contributed by atoms with Gasteiger partial charge in [-0.15, -0.1) is 0 Å². The van der Waals surface area contributed by atoms with Crippen LogP contribution < -0.4 is 5.90 Å². The Kier molecular flexibility index (Phi) is 3.46. The van der Waals surface area contributed by atoms with E-state index >= 15 is 0 Å². The van der Waals surface area contributed by atoms with Crippen molar-refractivity contribution in [2.45, 2.75) is 6.61 Å². The number of hydrogen-bond acceptors (Lipinski definition) is 5. The van der Waals surface area contributed by atoms with Crippen LogP contribution >= 0.6 is 15.9 Å². The highest BCUT2D eigenvalue weighted by molar-refractivity contribution is 9.10. The van der Waals surface area contributed by atoms with E-state index in [1.807, 2.05) is 0 Å². The van der Waals surface area contributed by atoms with Gasteiger partial charge in [0.2, 0.25) is 5.82 Å². The van der Waals surface area contributed by atoms with E-state index in [0.29, 0.717) is 0 Å². The lowest BCUT2D eigenvalue weighted by molar-refractivity contribution is 0.0996. The van der Waals surface area contributed by atoms with Crippen LogP contribution in [-0.2, 0) is 11.4 Å². The Morgan fingerprint density at radius 2 is 2.18 bits per heavy atom. The molecule has 2 N–H and O–H groups in total. The molecule has 1 heterocycles. The third-order valence-corrected chi connectivity index (χ3v) is 2.73. The van der Waals surface area contributed by atoms with Crippen molar-refractivity contribution in [2.24, 2.45) is 5.90 Å². The maximum Gasteiger partial charge on any atom is 0.255 e. The Morgan fingerprint density at radius 1 is 1.41 bits per heavy atom. The lowest BCUT2D eigenvalue weighted by Crippen LogP contribution is -1.98. The SMILES string of the molecule is NOCc1nc(-c2ccc(F)c(F)c2Br)no1. The molecule has 0 atom stereocenters. The standard InChI is InChI=1S/C9H6BrF2N3O2/c10-7-4(1-2-5(11)8(7)12)9-14-6(3-16-13)17-15-9/h1-2H,3,13H2. The van der Waals surface area contributed by atoms with Crippen molar-refractivity contribution in [3.63, 3.8) is 0 Å². The predicted octanol–water partition coefficient (Wildman–Crippen LogP) is 2.17. The van der Waals surface area contributed by atoms with E-state index in [1.54, 1.807) is 0 Å². The molecule has 8 heteroatoms. The number of hydrogen-bond donors (Lipinski definition) is 1. The van der Waals surface area contributed by atoms with E-state index in [0.717, 1.165) is 6.07 Å². The summed E-state index contributed by atoms with van der Waals surface area (Å²) in [5, 5.41) is 3.60. The zero-order valence-corrected chi connectivity index (χ0v) is 9.87. The van der Waals surface area contributed by atoms with Gasteiger partial charge in [0, 0.05) is 5.56 Å². The molecule has 0 spiro atoms. The summed E-state index contributed by atoms with van der Waals surface area (Å²) in [6.07, 6.45) is 0. The van der Waals surface area contributed by atoms with Gasteiger partial charge in [0.25, 0.3) is 5.89 Å². The Balaban J connectivity index is 2.42. The number of nitrogens with two attached hydrogens (primary N) is 1. The van der Waals surface area contributed by atoms with E-state index in [2.05, 4.69) is 30.9 Å². The molecule has 0 aliphatic rings. The van der Waals surface area contributed by atoms with Crippen LogP contribution in [0.3, 0.4) is 0 Å². The summed E-state index contributed by atoms with van der Waals surface area (Å²) < 4.78 is 30.9. The highest BCUT2D eigenvalue weighted by atomic mass is 79.9. The van der Waals surface area contributed by atoms with Crippen molar-refractivity contribution in [3.05, 3.63) is 34.1 Å². The highest BCUT2D eigenvalue weighted by Crippen LogP contribution is 2.29. The molecule has 1 aromatic heterocycles. The van der Waals surface area contributed by atoms with Gasteiger partial charge in [-0.1, -0.05) is 5.16 Å². The van der Waals surface area contributed by atoms with Crippen molar-refractivity contribution in [1.29, 1.82) is 0 Å². The zero-order chi connectivity index (χ0) is 12.4. The minimum Gasteiger partial charge on any atom is -0.336 e. The molecule has 5 nitrogen and oxygen atoms in total. The summed E-state index contributed by atoms with van der Waals surface area (Å²) in [6.45, 7) is -0.0612. The summed E-state index contributed by atoms with van der Waals surface area (Å²) in [7, 11) is 0. The molecular weight excluding hydrogens is 300 g/mol. The summed E-state index contributed by atoms with van der Waals surface area (Å²) in [6, 6.07) is 2.31. The fourth-order valence-corrected chi connectivity index (χ4v) is 1.69. The van der Waals surface area contributed by atoms with Crippen LogP contribution in [0.5, 0.6) is 0 Å². The largest absolute Gasteiger partial charge is 0.336 e. The molecule has 1 aromatic carbocycles. The highest BCUT2D eigenvalue weighted by Gasteiger charge is 2.16. The van der Waals surface area contributed by atoms with Gasteiger partial charge in [-0.3, -0.25) is 4.84 Å². The fourth-order valence-electron chi connectivity index (χ4n) is 1.19. The molecule has 17 heavy (non-hydrogen) atoms. The molecule has 2 rings (SSSR count). The molecule has 0 aliphatic heterocycles. The number of nitrogens with zero attached hydrogens (tertiary/aromatic N) is 2. The van der Waals surface area contributed by atoms with E-state index in [9.17, 15) is 8.78 Å². The smallest absolute Gasteiger partial charge is 0.255 e. The van der Waals surface area contributed by atoms with E-state index in [-0.39, 0.29) is 28.4 Å². The van der Waals surface area contributed by atoms with Gasteiger partial charge in [-0.05, 0) is 28.1 Å². The molecule has 2 aromatic rings. The lowest BCUT2D eigenvalue weighted by atomic mass is 10.2. The van der Waals surface area contributed by atoms with Crippen molar-refractivity contribution in [2.75, 3.05) is 0 Å². The maximum atomic E-state index is 13.3. The van der Waals surface area contributed by atoms with Crippen LogP contribution in [0.15, 0.2) is 21.1 Å². The normalized spacial score (nSPS) is 10.8. The third-order valence-electron chi connectivity index (χ3n) is 1.95. The molecule has 90 valence electrons. The van der Waals surface area contributed by atoms with Crippen LogP contribution in [0.1, 0.15) is 5.89 Å². The van der Waals surface area contributed by atoms with E-state index in [1.165, 1.54) is 6.07 Å². The second-order valence-corrected chi connectivity index (χ2v) is 3.84. The first-order chi connectivity index (χ1) is 8.13. The fraction of sp³-hybridized carbons (Fsp3) is 0.111. The minimum absolute atomic E-state index is 0.0612. The average Bonchev–Trinajstić information content (AvgIpc) is 2.75. The molecule has 0 unspecified atom stereocenters. The van der Waals surface area contributed by atoms with Gasteiger partial charge in [0.1, 0.15) is 6.61 Å². The first-order valence-electron chi connectivity index (χ1n) is 4.41. The molecular formula is C9H6BrF2N3O2. The van der Waals surface area contributed by atoms with Crippen molar-refractivity contribution < 1.29 is 18.1 Å². The molecule has 0 saturated carbocycles. The lowest BCUT2D eigenvalue weighted by Gasteiger charge is -2.00. The Hall–Kier alpha value is -1.38. The average molecular weight is 306 g/mol. The topological polar surface area (TPSA) is 74.2 Å². The number of halogens is 3. The molecule has 0 radical (unpaired) electrons. The van der Waals surface area contributed by atoms with Crippen molar-refractivity contribution in [3.8, 4) is 11.4 Å². The second kappa shape index (κ2) is 4.86. The van der Waals surface area contributed by atoms with Gasteiger partial charge < -0.3 is 4.52 Å².